The summed E-state index contributed by atoms with van der Waals surface area (Å²) >= 11 is 0. The minimum Gasteiger partial charge on any atom is -0.504 e. The van der Waals surface area contributed by atoms with Crippen molar-refractivity contribution in [3.8, 4) is 80.1 Å². The van der Waals surface area contributed by atoms with Crippen molar-refractivity contribution in [3.05, 3.63) is 68.8 Å². The van der Waals surface area contributed by atoms with Gasteiger partial charge in [-0.15, -0.1) is 0 Å². The molecular weight excluding hydrogens is 880 g/mol. The van der Waals surface area contributed by atoms with Crippen LogP contribution in [0, 0.1) is 0 Å². The maximum atomic E-state index is 14.3. The molecule has 0 amide bonds. The number of aliphatic hydroxyl groups is 1. The van der Waals surface area contributed by atoms with Gasteiger partial charge in [0.15, 0.2) is 81.6 Å². The topological polar surface area (TPSA) is 425 Å². The lowest BCUT2D eigenvalue weighted by atomic mass is 9.91. The van der Waals surface area contributed by atoms with E-state index in [4.69, 9.17) is 28.1 Å². The summed E-state index contributed by atoms with van der Waals surface area (Å²) < 4.78 is 32.7. The highest BCUT2D eigenvalue weighted by Crippen LogP contribution is 2.53. The maximum absolute atomic E-state index is 14.3. The minimum atomic E-state index is -2.54. The highest BCUT2D eigenvalue weighted by Gasteiger charge is 2.54. The van der Waals surface area contributed by atoms with Gasteiger partial charge in [-0.3, -0.25) is 9.59 Å². The fraction of sp³-hybridized carbons (Fsp3) is 0.200. The number of phenolic OH excluding ortho intramolecular Hbond substituents is 12. The average Bonchev–Trinajstić information content (AvgIpc) is 3.59. The number of ketones is 1. The van der Waals surface area contributed by atoms with Gasteiger partial charge >= 0.3 is 29.5 Å². The van der Waals surface area contributed by atoms with Gasteiger partial charge in [0.25, 0.3) is 0 Å². The van der Waals surface area contributed by atoms with Gasteiger partial charge in [0.1, 0.15) is 12.7 Å². The average molecular weight is 909 g/mol. The van der Waals surface area contributed by atoms with Crippen LogP contribution in [0.4, 0.5) is 0 Å². The van der Waals surface area contributed by atoms with Crippen LogP contribution in [0.15, 0.2) is 39.5 Å². The molecule has 1 aliphatic carbocycles. The van der Waals surface area contributed by atoms with Gasteiger partial charge in [-0.25, -0.2) is 19.2 Å². The summed E-state index contributed by atoms with van der Waals surface area (Å²) in [6.07, 6.45) is -12.6. The molecule has 0 saturated carbocycles. The summed E-state index contributed by atoms with van der Waals surface area (Å²) in [7, 11) is 0. The Morgan fingerprint density at radius 1 is 0.631 bits per heavy atom. The zero-order chi connectivity index (χ0) is 47.2. The number of esters is 4. The van der Waals surface area contributed by atoms with Crippen molar-refractivity contribution >= 4 is 40.4 Å². The lowest BCUT2D eigenvalue weighted by molar-refractivity contribution is -0.288. The fourth-order valence-electron chi connectivity index (χ4n) is 7.57. The summed E-state index contributed by atoms with van der Waals surface area (Å²) in [5.74, 6) is -24.7. The molecule has 5 aromatic rings. The summed E-state index contributed by atoms with van der Waals surface area (Å²) in [6.45, 7) is -1.22. The number of aliphatic hydroxyl groups excluding tert-OH is 1. The number of cyclic esters (lactones) is 1. The molecule has 0 radical (unpaired) electrons. The molecule has 338 valence electrons. The first-order valence-electron chi connectivity index (χ1n) is 18.3. The number of aromatic hydroxyl groups is 12. The maximum Gasteiger partial charge on any atom is 0.344 e. The van der Waals surface area contributed by atoms with Crippen LogP contribution in [0.5, 0.6) is 69.0 Å². The number of hydrogen-bond acceptors (Lipinski definition) is 25. The quantitative estimate of drug-likeness (QED) is 0.0675. The van der Waals surface area contributed by atoms with E-state index in [0.29, 0.717) is 30.3 Å². The molecule has 1 fully saturated rings. The van der Waals surface area contributed by atoms with Crippen molar-refractivity contribution in [2.75, 3.05) is 6.61 Å². The predicted molar refractivity (Wildman–Crippen MR) is 202 cm³/mol. The highest BCUT2D eigenvalue weighted by molar-refractivity contribution is 6.11. The number of phenols is 12. The second-order valence-electron chi connectivity index (χ2n) is 14.5. The Kier molecular flexibility index (Phi) is 10.0. The van der Waals surface area contributed by atoms with E-state index in [1.807, 2.05) is 0 Å². The zero-order valence-corrected chi connectivity index (χ0v) is 32.0. The molecule has 3 heterocycles. The number of fused-ring (bicyclic) bond motifs is 8. The van der Waals surface area contributed by atoms with Gasteiger partial charge in [-0.05, 0) is 30.3 Å². The second-order valence-corrected chi connectivity index (χ2v) is 14.5. The molecule has 25 nitrogen and oxygen atoms in total. The largest absolute Gasteiger partial charge is 0.504 e. The van der Waals surface area contributed by atoms with Crippen LogP contribution < -0.4 is 5.63 Å². The van der Waals surface area contributed by atoms with Crippen LogP contribution in [0.3, 0.4) is 0 Å². The predicted octanol–water partition coefficient (Wildman–Crippen LogP) is 0.848. The molecule has 2 aliphatic heterocycles. The molecule has 1 unspecified atom stereocenters. The Bertz CT molecular complexity index is 3000. The first-order valence-corrected chi connectivity index (χ1v) is 18.3. The van der Waals surface area contributed by atoms with Crippen LogP contribution >= 0.6 is 0 Å². The Morgan fingerprint density at radius 3 is 1.77 bits per heavy atom. The zero-order valence-electron chi connectivity index (χ0n) is 32.0. The van der Waals surface area contributed by atoms with E-state index in [2.05, 4.69) is 0 Å². The highest BCUT2D eigenvalue weighted by atomic mass is 16.7. The molecule has 1 saturated heterocycles. The van der Waals surface area contributed by atoms with E-state index in [9.17, 15) is 95.2 Å². The SMILES string of the molecule is O=C(O[C@@H]1O[C@@H]2COC(=O)c3cc(O)c(O)c(O)c3-c3c(cc(O)c(O)c3O)C(=O)O[C@H]([C@H]1O)[C@@H]2OC(=O)C1CC(=O)c2oc(=O)c3cc(O)c(O)c(O)c3c21)c1cc(O)c(O)c(O)c1. The minimum absolute atomic E-state index is 0.405. The van der Waals surface area contributed by atoms with Gasteiger partial charge in [-0.2, -0.15) is 0 Å². The number of hydrogen-bond donors (Lipinski definition) is 13. The first kappa shape index (κ1) is 42.8. The van der Waals surface area contributed by atoms with Crippen molar-refractivity contribution in [1.82, 2.24) is 0 Å². The smallest absolute Gasteiger partial charge is 0.344 e. The van der Waals surface area contributed by atoms with Gasteiger partial charge in [-0.1, -0.05) is 0 Å². The number of Topliss-reactive ketones (excluding diaryl/α,β-unsaturated/α-hetero) is 1. The van der Waals surface area contributed by atoms with Crippen molar-refractivity contribution < 1.29 is 118 Å². The number of carbonyl (C=O) groups is 5. The summed E-state index contributed by atoms with van der Waals surface area (Å²) in [4.78, 5) is 81.7. The standard InChI is InChI=1S/C40H28O25/c41-13-1-8(2-14(42)24(13)47)35(55)65-40-31(54)34-33(63-39(59)12-6-18(46)32-23(12)22-11(37(57)62-32)5-17(45)27(50)30(22)53)19(61-40)7-60-36(56)9-3-15(43)25(48)28(51)20(9)21-10(38(58)64-34)4-16(44)26(49)29(21)52/h1-5,12,19,31,33-34,40-45,47-54H,6-7H2/t12?,19-,31-,33-,34-,40+/m1/s1. The van der Waals surface area contributed by atoms with E-state index in [-0.39, 0.29) is 0 Å². The molecular formula is C40H28O25. The molecule has 25 heteroatoms. The fourth-order valence-corrected chi connectivity index (χ4v) is 7.57. The summed E-state index contributed by atoms with van der Waals surface area (Å²) in [5, 5.41) is 135. The van der Waals surface area contributed by atoms with Crippen molar-refractivity contribution in [2.45, 2.75) is 43.0 Å². The number of benzene rings is 4. The third-order valence-electron chi connectivity index (χ3n) is 10.7. The van der Waals surface area contributed by atoms with Crippen molar-refractivity contribution in [2.24, 2.45) is 0 Å². The Labute approximate surface area is 357 Å². The molecule has 3 aliphatic rings. The van der Waals surface area contributed by atoms with Gasteiger partial charge < -0.3 is 94.5 Å². The summed E-state index contributed by atoms with van der Waals surface area (Å²) in [6, 6.07) is 2.75. The molecule has 8 rings (SSSR count). The molecule has 13 N–H and O–H groups in total. The van der Waals surface area contributed by atoms with E-state index in [1.165, 1.54) is 0 Å². The van der Waals surface area contributed by atoms with E-state index < -0.39 is 204 Å². The Hall–Kier alpha value is -8.84. The third-order valence-corrected chi connectivity index (χ3v) is 10.7. The monoisotopic (exact) mass is 908 g/mol. The lowest BCUT2D eigenvalue weighted by Gasteiger charge is -2.43. The Morgan fingerprint density at radius 2 is 1.17 bits per heavy atom. The van der Waals surface area contributed by atoms with Crippen LogP contribution in [0.25, 0.3) is 21.9 Å². The van der Waals surface area contributed by atoms with Crippen molar-refractivity contribution in [1.29, 1.82) is 0 Å². The first-order chi connectivity index (χ1) is 30.6. The second kappa shape index (κ2) is 15.2. The summed E-state index contributed by atoms with van der Waals surface area (Å²) in [5.41, 5.74) is -6.74. The van der Waals surface area contributed by atoms with E-state index >= 15 is 0 Å². The molecule has 0 spiro atoms. The molecule has 65 heavy (non-hydrogen) atoms. The normalized spacial score (nSPS) is 21.5. The van der Waals surface area contributed by atoms with Crippen LogP contribution in [0.1, 0.15) is 59.5 Å². The van der Waals surface area contributed by atoms with Gasteiger partial charge in [0, 0.05) is 28.5 Å². The molecule has 2 bridgehead atoms. The third kappa shape index (κ3) is 6.73. The number of rotatable bonds is 4. The molecule has 6 atom stereocenters. The molecule has 4 aromatic carbocycles. The number of carbonyl (C=O) groups excluding carboxylic acids is 5. The van der Waals surface area contributed by atoms with Crippen LogP contribution in [-0.2, 0) is 28.5 Å². The Balaban J connectivity index is 1.27. The molecule has 1 aromatic heterocycles. The lowest BCUT2D eigenvalue weighted by Crippen LogP contribution is -2.62. The van der Waals surface area contributed by atoms with Gasteiger partial charge in [0.05, 0.1) is 28.0 Å². The van der Waals surface area contributed by atoms with Crippen LogP contribution in [0.2, 0.25) is 0 Å². The van der Waals surface area contributed by atoms with Gasteiger partial charge in [0.2, 0.25) is 23.5 Å². The van der Waals surface area contributed by atoms with Crippen molar-refractivity contribution in [3.63, 3.8) is 0 Å². The number of ether oxygens (including phenoxy) is 5. The van der Waals surface area contributed by atoms with Crippen LogP contribution in [-0.4, -0.2) is 133 Å². The van der Waals surface area contributed by atoms with E-state index in [0.717, 1.165) is 0 Å². The van der Waals surface area contributed by atoms with E-state index in [1.54, 1.807) is 0 Å².